The Hall–Kier alpha value is -0.940. The van der Waals surface area contributed by atoms with Crippen molar-refractivity contribution in [2.45, 2.75) is 75.8 Å². The van der Waals surface area contributed by atoms with Crippen molar-refractivity contribution >= 4 is 10.1 Å². The van der Waals surface area contributed by atoms with Crippen LogP contribution in [0, 0.1) is 0 Å². The Morgan fingerprint density at radius 3 is 2.18 bits per heavy atom. The highest BCUT2D eigenvalue weighted by Crippen LogP contribution is 2.16. The lowest BCUT2D eigenvalue weighted by Crippen LogP contribution is -2.03. The first kappa shape index (κ1) is 19.1. The average molecular weight is 330 g/mol. The van der Waals surface area contributed by atoms with Crippen LogP contribution in [0.5, 0.6) is 0 Å². The standard InChI is InChI=1S/C17H27FO3S/c1-2-3-4-5-6-7-8-16(18)12-9-15-10-13-17(14-11-15)22(19,20)21/h10-11,13-14,16H,2-9,12H2,1H3,(H,19,20,21). The van der Waals surface area contributed by atoms with Crippen LogP contribution in [0.15, 0.2) is 29.2 Å². The molecule has 0 fully saturated rings. The van der Waals surface area contributed by atoms with E-state index in [0.717, 1.165) is 18.4 Å². The summed E-state index contributed by atoms with van der Waals surface area (Å²) in [5.74, 6) is 0. The molecular formula is C17H27FO3S. The highest BCUT2D eigenvalue weighted by Gasteiger charge is 2.10. The molecular weight excluding hydrogens is 303 g/mol. The fourth-order valence-corrected chi connectivity index (χ4v) is 2.92. The van der Waals surface area contributed by atoms with Crippen LogP contribution in [0.3, 0.4) is 0 Å². The summed E-state index contributed by atoms with van der Waals surface area (Å²) in [5.41, 5.74) is 0.887. The molecule has 1 unspecified atom stereocenters. The van der Waals surface area contributed by atoms with Crippen molar-refractivity contribution in [3.05, 3.63) is 29.8 Å². The summed E-state index contributed by atoms with van der Waals surface area (Å²) in [6.45, 7) is 2.18. The molecule has 0 saturated carbocycles. The van der Waals surface area contributed by atoms with Crippen molar-refractivity contribution < 1.29 is 17.4 Å². The van der Waals surface area contributed by atoms with Crippen LogP contribution < -0.4 is 0 Å². The van der Waals surface area contributed by atoms with Crippen molar-refractivity contribution in [1.29, 1.82) is 0 Å². The Balaban J connectivity index is 2.22. The minimum Gasteiger partial charge on any atom is -0.282 e. The molecule has 126 valence electrons. The number of hydrogen-bond donors (Lipinski definition) is 1. The Morgan fingerprint density at radius 2 is 1.59 bits per heavy atom. The first-order valence-electron chi connectivity index (χ1n) is 8.14. The van der Waals surface area contributed by atoms with Crippen molar-refractivity contribution in [3.8, 4) is 0 Å². The molecule has 0 aliphatic carbocycles. The van der Waals surface area contributed by atoms with Crippen molar-refractivity contribution in [3.63, 3.8) is 0 Å². The van der Waals surface area contributed by atoms with E-state index < -0.39 is 16.3 Å². The van der Waals surface area contributed by atoms with Crippen molar-refractivity contribution in [2.75, 3.05) is 0 Å². The number of hydrogen-bond acceptors (Lipinski definition) is 2. The second-order valence-electron chi connectivity index (χ2n) is 5.81. The number of benzene rings is 1. The van der Waals surface area contributed by atoms with Crippen molar-refractivity contribution in [1.82, 2.24) is 0 Å². The lowest BCUT2D eigenvalue weighted by molar-refractivity contribution is 0.287. The third-order valence-electron chi connectivity index (χ3n) is 3.84. The van der Waals surface area contributed by atoms with Gasteiger partial charge in [0, 0.05) is 0 Å². The predicted octanol–water partition coefficient (Wildman–Crippen LogP) is 4.95. The molecule has 0 amide bonds. The molecule has 3 nitrogen and oxygen atoms in total. The van der Waals surface area contributed by atoms with Gasteiger partial charge in [-0.15, -0.1) is 0 Å². The fourth-order valence-electron chi connectivity index (χ4n) is 2.44. The highest BCUT2D eigenvalue weighted by atomic mass is 32.2. The zero-order chi connectivity index (χ0) is 16.4. The summed E-state index contributed by atoms with van der Waals surface area (Å²) in [6.07, 6.45) is 7.81. The molecule has 0 heterocycles. The Kier molecular flexibility index (Phi) is 8.64. The summed E-state index contributed by atoms with van der Waals surface area (Å²) in [7, 11) is -4.15. The maximum atomic E-state index is 13.8. The zero-order valence-corrected chi connectivity index (χ0v) is 14.1. The minimum absolute atomic E-state index is 0.125. The van der Waals surface area contributed by atoms with E-state index in [0.29, 0.717) is 19.3 Å². The average Bonchev–Trinajstić information content (AvgIpc) is 2.48. The number of alkyl halides is 1. The Morgan fingerprint density at radius 1 is 1.00 bits per heavy atom. The van der Waals surface area contributed by atoms with Gasteiger partial charge in [-0.3, -0.25) is 4.55 Å². The van der Waals surface area contributed by atoms with E-state index in [9.17, 15) is 12.8 Å². The number of unbranched alkanes of at least 4 members (excludes halogenated alkanes) is 5. The molecule has 1 aromatic rings. The topological polar surface area (TPSA) is 54.4 Å². The molecule has 0 radical (unpaired) electrons. The van der Waals surface area contributed by atoms with E-state index in [2.05, 4.69) is 6.92 Å². The largest absolute Gasteiger partial charge is 0.294 e. The molecule has 1 rings (SSSR count). The van der Waals surface area contributed by atoms with Crippen LogP contribution in [-0.2, 0) is 16.5 Å². The first-order chi connectivity index (χ1) is 10.4. The van der Waals surface area contributed by atoms with E-state index in [1.54, 1.807) is 12.1 Å². The summed E-state index contributed by atoms with van der Waals surface area (Å²) in [5, 5.41) is 0. The third kappa shape index (κ3) is 7.90. The van der Waals surface area contributed by atoms with Gasteiger partial charge in [0.25, 0.3) is 10.1 Å². The van der Waals surface area contributed by atoms with Gasteiger partial charge >= 0.3 is 0 Å². The Bertz CT molecular complexity index is 511. The van der Waals surface area contributed by atoms with Crippen LogP contribution in [0.25, 0.3) is 0 Å². The highest BCUT2D eigenvalue weighted by molar-refractivity contribution is 7.85. The normalized spacial score (nSPS) is 13.2. The third-order valence-corrected chi connectivity index (χ3v) is 4.71. The van der Waals surface area contributed by atoms with Crippen LogP contribution in [0.2, 0.25) is 0 Å². The lowest BCUT2D eigenvalue weighted by atomic mass is 10.0. The molecule has 0 aliphatic rings. The predicted molar refractivity (Wildman–Crippen MR) is 87.5 cm³/mol. The van der Waals surface area contributed by atoms with Crippen LogP contribution >= 0.6 is 0 Å². The molecule has 0 bridgehead atoms. The van der Waals surface area contributed by atoms with Crippen LogP contribution in [-0.4, -0.2) is 19.1 Å². The van der Waals surface area contributed by atoms with E-state index in [1.807, 2.05) is 0 Å². The maximum Gasteiger partial charge on any atom is 0.294 e. The first-order valence-corrected chi connectivity index (χ1v) is 9.58. The molecule has 1 atom stereocenters. The minimum atomic E-state index is -4.15. The van der Waals surface area contributed by atoms with E-state index in [-0.39, 0.29) is 4.90 Å². The van der Waals surface area contributed by atoms with Gasteiger partial charge in [-0.05, 0) is 37.0 Å². The van der Waals surface area contributed by atoms with Crippen LogP contribution in [0.1, 0.15) is 63.9 Å². The second-order valence-corrected chi connectivity index (χ2v) is 7.23. The molecule has 1 N–H and O–H groups in total. The zero-order valence-electron chi connectivity index (χ0n) is 13.3. The second kappa shape index (κ2) is 9.95. The number of rotatable bonds is 11. The Labute approximate surface area is 133 Å². The van der Waals surface area contributed by atoms with Crippen molar-refractivity contribution in [2.24, 2.45) is 0 Å². The van der Waals surface area contributed by atoms with Gasteiger partial charge in [-0.25, -0.2) is 4.39 Å². The van der Waals surface area contributed by atoms with Gasteiger partial charge in [0.1, 0.15) is 6.17 Å². The molecule has 0 aliphatic heterocycles. The monoisotopic (exact) mass is 330 g/mol. The lowest BCUT2D eigenvalue weighted by Gasteiger charge is -2.08. The summed E-state index contributed by atoms with van der Waals surface area (Å²) < 4.78 is 44.5. The molecule has 0 aromatic heterocycles. The van der Waals surface area contributed by atoms with E-state index in [4.69, 9.17) is 4.55 Å². The molecule has 0 saturated heterocycles. The van der Waals surface area contributed by atoms with Gasteiger partial charge in [0.15, 0.2) is 0 Å². The van der Waals surface area contributed by atoms with Gasteiger partial charge < -0.3 is 0 Å². The number of halogens is 1. The van der Waals surface area contributed by atoms with E-state index in [1.165, 1.54) is 37.8 Å². The quantitative estimate of drug-likeness (QED) is 0.461. The number of aryl methyl sites for hydroxylation is 1. The summed E-state index contributed by atoms with van der Waals surface area (Å²) in [4.78, 5) is -0.125. The molecule has 0 spiro atoms. The molecule has 22 heavy (non-hydrogen) atoms. The summed E-state index contributed by atoms with van der Waals surface area (Å²) >= 11 is 0. The SMILES string of the molecule is CCCCCCCCC(F)CCc1ccc(S(=O)(=O)O)cc1. The van der Waals surface area contributed by atoms with Crippen LogP contribution in [0.4, 0.5) is 4.39 Å². The fraction of sp³-hybridized carbons (Fsp3) is 0.647. The molecule has 1 aromatic carbocycles. The van der Waals surface area contributed by atoms with E-state index >= 15 is 0 Å². The maximum absolute atomic E-state index is 13.8. The van der Waals surface area contributed by atoms with Gasteiger partial charge in [0.05, 0.1) is 4.90 Å². The van der Waals surface area contributed by atoms with Gasteiger partial charge in [0.2, 0.25) is 0 Å². The van der Waals surface area contributed by atoms with Gasteiger partial charge in [-0.2, -0.15) is 8.42 Å². The summed E-state index contributed by atoms with van der Waals surface area (Å²) in [6, 6.07) is 5.96. The van der Waals surface area contributed by atoms with Gasteiger partial charge in [-0.1, -0.05) is 57.6 Å². The molecule has 5 heteroatoms. The smallest absolute Gasteiger partial charge is 0.282 e.